The fourth-order valence-corrected chi connectivity index (χ4v) is 3.54. The summed E-state index contributed by atoms with van der Waals surface area (Å²) in [5.74, 6) is -0.181. The normalized spacial score (nSPS) is 12.4. The highest BCUT2D eigenvalue weighted by molar-refractivity contribution is 7.78. The quantitative estimate of drug-likeness (QED) is 0.0947. The van der Waals surface area contributed by atoms with E-state index in [-0.39, 0.29) is 5.91 Å². The third kappa shape index (κ3) is 18.2. The van der Waals surface area contributed by atoms with Crippen LogP contribution in [-0.4, -0.2) is 21.0 Å². The van der Waals surface area contributed by atoms with E-state index in [9.17, 15) is 4.79 Å². The van der Waals surface area contributed by atoms with Crippen molar-refractivity contribution in [3.63, 3.8) is 0 Å². The Bertz CT molecular complexity index is 438. The highest BCUT2D eigenvalue weighted by atomic mass is 35.6. The third-order valence-corrected chi connectivity index (χ3v) is 5.52. The summed E-state index contributed by atoms with van der Waals surface area (Å²) in [6, 6.07) is 0. The Balaban J connectivity index is 3.45. The molecule has 7 heteroatoms. The van der Waals surface area contributed by atoms with Gasteiger partial charge in [-0.25, -0.2) is 4.99 Å². The van der Waals surface area contributed by atoms with Crippen molar-refractivity contribution in [2.24, 2.45) is 4.99 Å². The van der Waals surface area contributed by atoms with Crippen LogP contribution in [0.1, 0.15) is 110 Å². The molecule has 0 saturated heterocycles. The molecule has 1 N–H and O–H groups in total. The summed E-state index contributed by atoms with van der Waals surface area (Å²) in [4.78, 5) is 15.6. The Morgan fingerprint density at radius 2 is 1.25 bits per heavy atom. The number of aliphatic imine (C=N–C) groups is 1. The summed E-state index contributed by atoms with van der Waals surface area (Å²) < 4.78 is -1.73. The Hall–Kier alpha value is 0.140. The molecular formula is C21H37Cl3N2OS. The van der Waals surface area contributed by atoms with Crippen LogP contribution >= 0.6 is 47.0 Å². The van der Waals surface area contributed by atoms with Gasteiger partial charge in [0.15, 0.2) is 6.17 Å². The number of isothiocyanates is 1. The lowest BCUT2D eigenvalue weighted by atomic mass is 10.0. The molecule has 0 aromatic carbocycles. The minimum Gasteiger partial charge on any atom is -0.330 e. The average molecular weight is 472 g/mol. The first-order valence-corrected chi connectivity index (χ1v) is 12.4. The molecule has 0 rings (SSSR count). The minimum absolute atomic E-state index is 0.181. The van der Waals surface area contributed by atoms with Crippen molar-refractivity contribution in [1.29, 1.82) is 0 Å². The van der Waals surface area contributed by atoms with Gasteiger partial charge in [-0.05, 0) is 18.6 Å². The third-order valence-electron chi connectivity index (χ3n) is 4.80. The molecule has 0 bridgehead atoms. The summed E-state index contributed by atoms with van der Waals surface area (Å²) in [5, 5.41) is 4.72. The van der Waals surface area contributed by atoms with Crippen molar-refractivity contribution in [2.75, 3.05) is 0 Å². The lowest BCUT2D eigenvalue weighted by Crippen LogP contribution is -2.42. The first-order chi connectivity index (χ1) is 13.4. The van der Waals surface area contributed by atoms with Crippen molar-refractivity contribution < 1.29 is 4.79 Å². The monoisotopic (exact) mass is 470 g/mol. The Kier molecular flexibility index (Phi) is 19.2. The SMILES string of the molecule is CCCCCCCCCCCCCCCCCC(=O)N[C@H](N=C=S)C(Cl)(Cl)Cl. The number of hydrogen-bond donors (Lipinski definition) is 1. The molecule has 0 fully saturated rings. The zero-order valence-electron chi connectivity index (χ0n) is 17.3. The van der Waals surface area contributed by atoms with E-state index in [0.717, 1.165) is 19.3 Å². The number of nitrogens with one attached hydrogen (secondary N) is 1. The predicted molar refractivity (Wildman–Crippen MR) is 127 cm³/mol. The van der Waals surface area contributed by atoms with Gasteiger partial charge < -0.3 is 5.32 Å². The molecule has 0 heterocycles. The van der Waals surface area contributed by atoms with Crippen molar-refractivity contribution in [2.45, 2.75) is 120 Å². The maximum atomic E-state index is 11.9. The molecule has 28 heavy (non-hydrogen) atoms. The molecule has 164 valence electrons. The van der Waals surface area contributed by atoms with Gasteiger partial charge in [0.25, 0.3) is 0 Å². The molecule has 0 unspecified atom stereocenters. The van der Waals surface area contributed by atoms with Crippen molar-refractivity contribution >= 4 is 58.1 Å². The van der Waals surface area contributed by atoms with Gasteiger partial charge in [-0.15, -0.1) is 0 Å². The van der Waals surface area contributed by atoms with Gasteiger partial charge in [0, 0.05) is 6.42 Å². The molecule has 0 saturated carbocycles. The van der Waals surface area contributed by atoms with E-state index >= 15 is 0 Å². The first kappa shape index (κ1) is 28.1. The van der Waals surface area contributed by atoms with E-state index in [4.69, 9.17) is 34.8 Å². The molecule has 0 aliphatic rings. The van der Waals surface area contributed by atoms with E-state index < -0.39 is 9.96 Å². The van der Waals surface area contributed by atoms with Crippen LogP contribution in [-0.2, 0) is 4.79 Å². The number of carbonyl (C=O) groups excluding carboxylic acids is 1. The topological polar surface area (TPSA) is 41.5 Å². The number of hydrogen-bond acceptors (Lipinski definition) is 3. The maximum Gasteiger partial charge on any atom is 0.231 e. The van der Waals surface area contributed by atoms with Crippen molar-refractivity contribution in [3.8, 4) is 0 Å². The van der Waals surface area contributed by atoms with Gasteiger partial charge in [-0.3, -0.25) is 4.79 Å². The molecule has 0 radical (unpaired) electrons. The number of amides is 1. The lowest BCUT2D eigenvalue weighted by Gasteiger charge is -2.20. The lowest BCUT2D eigenvalue weighted by molar-refractivity contribution is -0.121. The van der Waals surface area contributed by atoms with Gasteiger partial charge in [0.05, 0.1) is 5.16 Å². The average Bonchev–Trinajstić information content (AvgIpc) is 2.63. The van der Waals surface area contributed by atoms with Crippen molar-refractivity contribution in [1.82, 2.24) is 5.32 Å². The van der Waals surface area contributed by atoms with Crippen LogP contribution in [0.5, 0.6) is 0 Å². The first-order valence-electron chi connectivity index (χ1n) is 10.8. The molecule has 0 aliphatic carbocycles. The standard InChI is InChI=1S/C21H37Cl3N2OS/c1-2-3-4-5-6-7-8-9-10-11-12-13-14-15-16-17-19(27)26-20(25-18-28)21(22,23)24/h20H,2-17H2,1H3,(H,26,27)/t20-/m0/s1. The van der Waals surface area contributed by atoms with Crippen LogP contribution in [0, 0.1) is 0 Å². The number of thiocarbonyl (C=S) groups is 1. The zero-order chi connectivity index (χ0) is 21.1. The summed E-state index contributed by atoms with van der Waals surface area (Å²) >= 11 is 21.8. The number of rotatable bonds is 18. The number of alkyl halides is 3. The van der Waals surface area contributed by atoms with E-state index in [1.165, 1.54) is 77.0 Å². The summed E-state index contributed by atoms with van der Waals surface area (Å²) in [6.45, 7) is 2.26. The minimum atomic E-state index is -1.73. The zero-order valence-corrected chi connectivity index (χ0v) is 20.4. The molecule has 0 aliphatic heterocycles. The van der Waals surface area contributed by atoms with Gasteiger partial charge in [0.1, 0.15) is 0 Å². The summed E-state index contributed by atoms with van der Waals surface area (Å²) in [5.41, 5.74) is 0. The van der Waals surface area contributed by atoms with E-state index in [0.29, 0.717) is 6.42 Å². The van der Waals surface area contributed by atoms with Crippen LogP contribution in [0.25, 0.3) is 0 Å². The predicted octanol–water partition coefficient (Wildman–Crippen LogP) is 8.16. The van der Waals surface area contributed by atoms with Crippen LogP contribution in [0.2, 0.25) is 0 Å². The fourth-order valence-electron chi connectivity index (χ4n) is 3.12. The molecule has 0 aromatic rings. The Morgan fingerprint density at radius 1 is 0.857 bits per heavy atom. The number of carbonyl (C=O) groups is 1. The van der Waals surface area contributed by atoms with Crippen LogP contribution < -0.4 is 5.32 Å². The maximum absolute atomic E-state index is 11.9. The van der Waals surface area contributed by atoms with Gasteiger partial charge in [0.2, 0.25) is 9.70 Å². The highest BCUT2D eigenvalue weighted by Gasteiger charge is 2.33. The van der Waals surface area contributed by atoms with Crippen molar-refractivity contribution in [3.05, 3.63) is 0 Å². The van der Waals surface area contributed by atoms with Crippen LogP contribution in [0.3, 0.4) is 0 Å². The molecule has 0 spiro atoms. The summed E-state index contributed by atoms with van der Waals surface area (Å²) in [7, 11) is 0. The summed E-state index contributed by atoms with van der Waals surface area (Å²) in [6.07, 6.45) is 18.8. The number of halogens is 3. The second kappa shape index (κ2) is 19.1. The van der Waals surface area contributed by atoms with Gasteiger partial charge in [-0.1, -0.05) is 132 Å². The highest BCUT2D eigenvalue weighted by Crippen LogP contribution is 2.30. The molecule has 0 aromatic heterocycles. The van der Waals surface area contributed by atoms with Gasteiger partial charge >= 0.3 is 0 Å². The Morgan fingerprint density at radius 3 is 1.61 bits per heavy atom. The van der Waals surface area contributed by atoms with E-state index in [1.54, 1.807) is 0 Å². The second-order valence-electron chi connectivity index (χ2n) is 7.43. The number of nitrogens with zero attached hydrogens (tertiary/aromatic N) is 1. The molecular weight excluding hydrogens is 435 g/mol. The Labute approximate surface area is 192 Å². The van der Waals surface area contributed by atoms with Crippen LogP contribution in [0.4, 0.5) is 0 Å². The van der Waals surface area contributed by atoms with Crippen LogP contribution in [0.15, 0.2) is 4.99 Å². The molecule has 1 amide bonds. The van der Waals surface area contributed by atoms with E-state index in [1.807, 2.05) is 0 Å². The van der Waals surface area contributed by atoms with Gasteiger partial charge in [-0.2, -0.15) is 0 Å². The molecule has 1 atom stereocenters. The molecule has 3 nitrogen and oxygen atoms in total. The smallest absolute Gasteiger partial charge is 0.231 e. The largest absolute Gasteiger partial charge is 0.330 e. The fraction of sp³-hybridized carbons (Fsp3) is 0.905. The second-order valence-corrected chi connectivity index (χ2v) is 9.98. The van der Waals surface area contributed by atoms with E-state index in [2.05, 4.69) is 34.6 Å². The number of unbranched alkanes of at least 4 members (excludes halogenated alkanes) is 14.